The summed E-state index contributed by atoms with van der Waals surface area (Å²) in [7, 11) is 0. The third kappa shape index (κ3) is 4.40. The highest BCUT2D eigenvalue weighted by atomic mass is 35.5. The molecule has 130 valence electrons. The van der Waals surface area contributed by atoms with Crippen molar-refractivity contribution in [2.45, 2.75) is 19.8 Å². The number of piperidine rings is 1. The zero-order valence-corrected chi connectivity index (χ0v) is 14.9. The molecule has 0 spiro atoms. The minimum atomic E-state index is -0.136. The molecule has 3 rings (SSSR count). The van der Waals surface area contributed by atoms with Gasteiger partial charge in [0, 0.05) is 35.3 Å². The van der Waals surface area contributed by atoms with E-state index in [4.69, 9.17) is 11.6 Å². The van der Waals surface area contributed by atoms with Crippen LogP contribution in [-0.4, -0.2) is 29.8 Å². The van der Waals surface area contributed by atoms with Crippen molar-refractivity contribution in [2.24, 2.45) is 5.92 Å². The molecule has 4 nitrogen and oxygen atoms in total. The van der Waals surface area contributed by atoms with E-state index in [1.807, 2.05) is 31.2 Å². The quantitative estimate of drug-likeness (QED) is 0.805. The van der Waals surface area contributed by atoms with Gasteiger partial charge in [-0.05, 0) is 44.0 Å². The van der Waals surface area contributed by atoms with Crippen molar-refractivity contribution in [3.8, 4) is 0 Å². The molecule has 2 aromatic carbocycles. The first-order valence-corrected chi connectivity index (χ1v) is 8.83. The number of carbonyl (C=O) groups is 2. The van der Waals surface area contributed by atoms with Crippen LogP contribution in [0.15, 0.2) is 48.5 Å². The number of nitrogens with zero attached hydrogens (tertiary/aromatic N) is 1. The lowest BCUT2D eigenvalue weighted by Gasteiger charge is -2.31. The zero-order valence-electron chi connectivity index (χ0n) is 14.2. The molecule has 1 N–H and O–H groups in total. The van der Waals surface area contributed by atoms with Crippen LogP contribution in [0.2, 0.25) is 5.02 Å². The molecule has 5 heteroatoms. The average molecular weight is 357 g/mol. The molecule has 1 aliphatic heterocycles. The molecule has 1 aliphatic rings. The molecule has 1 heterocycles. The van der Waals surface area contributed by atoms with E-state index in [1.165, 1.54) is 0 Å². The maximum absolute atomic E-state index is 12.6. The van der Waals surface area contributed by atoms with E-state index < -0.39 is 0 Å². The molecular formula is C20H21ClN2O2. The van der Waals surface area contributed by atoms with Crippen molar-refractivity contribution < 1.29 is 9.59 Å². The summed E-state index contributed by atoms with van der Waals surface area (Å²) >= 11 is 5.85. The number of aryl methyl sites for hydroxylation is 1. The molecule has 0 aromatic heterocycles. The second-order valence-electron chi connectivity index (χ2n) is 6.43. The Labute approximate surface area is 152 Å². The van der Waals surface area contributed by atoms with E-state index >= 15 is 0 Å². The van der Waals surface area contributed by atoms with Crippen LogP contribution in [0.4, 0.5) is 10.5 Å². The summed E-state index contributed by atoms with van der Waals surface area (Å²) in [6, 6.07) is 14.6. The SMILES string of the molecule is Cc1ccc(C(=O)C2CCN(C(=O)Nc3ccc(Cl)cc3)CC2)cc1. The molecule has 0 aliphatic carbocycles. The fraction of sp³-hybridized carbons (Fsp3) is 0.300. The second-order valence-corrected chi connectivity index (χ2v) is 6.87. The molecule has 1 fully saturated rings. The molecule has 1 saturated heterocycles. The number of benzene rings is 2. The topological polar surface area (TPSA) is 49.4 Å². The number of halogens is 1. The van der Waals surface area contributed by atoms with Gasteiger partial charge in [0.05, 0.1) is 0 Å². The van der Waals surface area contributed by atoms with Gasteiger partial charge in [-0.3, -0.25) is 4.79 Å². The van der Waals surface area contributed by atoms with Crippen LogP contribution in [0.5, 0.6) is 0 Å². The Kier molecular flexibility index (Phi) is 5.39. The summed E-state index contributed by atoms with van der Waals surface area (Å²) in [6.45, 7) is 3.18. The Morgan fingerprint density at radius 3 is 2.20 bits per heavy atom. The highest BCUT2D eigenvalue weighted by Gasteiger charge is 2.27. The van der Waals surface area contributed by atoms with E-state index in [2.05, 4.69) is 5.32 Å². The lowest BCUT2D eigenvalue weighted by molar-refractivity contribution is 0.0859. The fourth-order valence-corrected chi connectivity index (χ4v) is 3.16. The van der Waals surface area contributed by atoms with Gasteiger partial charge in [0.1, 0.15) is 0 Å². The predicted molar refractivity (Wildman–Crippen MR) is 100 cm³/mol. The number of urea groups is 1. The number of amides is 2. The predicted octanol–water partition coefficient (Wildman–Crippen LogP) is 4.78. The highest BCUT2D eigenvalue weighted by molar-refractivity contribution is 6.30. The maximum Gasteiger partial charge on any atom is 0.321 e. The molecule has 0 bridgehead atoms. The lowest BCUT2D eigenvalue weighted by Crippen LogP contribution is -2.42. The molecule has 2 aromatic rings. The van der Waals surface area contributed by atoms with Gasteiger partial charge in [0.15, 0.2) is 5.78 Å². The third-order valence-electron chi connectivity index (χ3n) is 4.58. The largest absolute Gasteiger partial charge is 0.324 e. The van der Waals surface area contributed by atoms with Gasteiger partial charge >= 0.3 is 6.03 Å². The van der Waals surface area contributed by atoms with Gasteiger partial charge in [-0.15, -0.1) is 0 Å². The Balaban J connectivity index is 1.54. The van der Waals surface area contributed by atoms with Crippen LogP contribution < -0.4 is 5.32 Å². The molecule has 0 unspecified atom stereocenters. The van der Waals surface area contributed by atoms with Crippen molar-refractivity contribution in [1.29, 1.82) is 0 Å². The standard InChI is InChI=1S/C20H21ClN2O2/c1-14-2-4-15(5-3-14)19(24)16-10-12-23(13-11-16)20(25)22-18-8-6-17(21)7-9-18/h2-9,16H,10-13H2,1H3,(H,22,25). The fourth-order valence-electron chi connectivity index (χ4n) is 3.03. The van der Waals surface area contributed by atoms with Crippen LogP contribution in [-0.2, 0) is 0 Å². The van der Waals surface area contributed by atoms with Gasteiger partial charge < -0.3 is 10.2 Å². The Morgan fingerprint density at radius 2 is 1.60 bits per heavy atom. The van der Waals surface area contributed by atoms with Crippen molar-refractivity contribution in [3.63, 3.8) is 0 Å². The smallest absolute Gasteiger partial charge is 0.321 e. The van der Waals surface area contributed by atoms with Crippen molar-refractivity contribution in [3.05, 3.63) is 64.7 Å². The van der Waals surface area contributed by atoms with Gasteiger partial charge in [-0.2, -0.15) is 0 Å². The molecule has 0 atom stereocenters. The second kappa shape index (κ2) is 7.70. The van der Waals surface area contributed by atoms with Gasteiger partial charge in [0.25, 0.3) is 0 Å². The Hall–Kier alpha value is -2.33. The van der Waals surface area contributed by atoms with Crippen LogP contribution in [0.3, 0.4) is 0 Å². The summed E-state index contributed by atoms with van der Waals surface area (Å²) < 4.78 is 0. The number of carbonyl (C=O) groups excluding carboxylic acids is 2. The number of hydrogen-bond donors (Lipinski definition) is 1. The van der Waals surface area contributed by atoms with Crippen LogP contribution in [0.25, 0.3) is 0 Å². The van der Waals surface area contributed by atoms with Crippen LogP contribution >= 0.6 is 11.6 Å². The molecule has 2 amide bonds. The third-order valence-corrected chi connectivity index (χ3v) is 4.84. The van der Waals surface area contributed by atoms with E-state index in [-0.39, 0.29) is 17.7 Å². The zero-order chi connectivity index (χ0) is 17.8. The van der Waals surface area contributed by atoms with Gasteiger partial charge in [-0.25, -0.2) is 4.79 Å². The van der Waals surface area contributed by atoms with Gasteiger partial charge in [-0.1, -0.05) is 41.4 Å². The maximum atomic E-state index is 12.6. The van der Waals surface area contributed by atoms with Crippen molar-refractivity contribution in [1.82, 2.24) is 4.90 Å². The van der Waals surface area contributed by atoms with Crippen LogP contribution in [0.1, 0.15) is 28.8 Å². The van der Waals surface area contributed by atoms with E-state index in [0.717, 1.165) is 11.1 Å². The average Bonchev–Trinajstić information content (AvgIpc) is 2.64. The number of Topliss-reactive ketones (excluding diaryl/α,β-unsaturated/α-hetero) is 1. The lowest BCUT2D eigenvalue weighted by atomic mass is 9.89. The van der Waals surface area contributed by atoms with E-state index in [9.17, 15) is 9.59 Å². The van der Waals surface area contributed by atoms with Crippen molar-refractivity contribution >= 4 is 29.1 Å². The summed E-state index contributed by atoms with van der Waals surface area (Å²) in [6.07, 6.45) is 1.39. The number of nitrogens with one attached hydrogen (secondary N) is 1. The van der Waals surface area contributed by atoms with Crippen LogP contribution in [0, 0.1) is 12.8 Å². The first-order chi connectivity index (χ1) is 12.0. The Morgan fingerprint density at radius 1 is 1.00 bits per heavy atom. The minimum Gasteiger partial charge on any atom is -0.324 e. The Bertz CT molecular complexity index is 748. The number of hydrogen-bond acceptors (Lipinski definition) is 2. The summed E-state index contributed by atoms with van der Waals surface area (Å²) in [5, 5.41) is 3.50. The van der Waals surface area contributed by atoms with E-state index in [0.29, 0.717) is 36.6 Å². The minimum absolute atomic E-state index is 0.0118. The number of anilines is 1. The number of ketones is 1. The number of rotatable bonds is 3. The number of likely N-dealkylation sites (tertiary alicyclic amines) is 1. The summed E-state index contributed by atoms with van der Waals surface area (Å²) in [5.74, 6) is 0.167. The normalized spacial score (nSPS) is 15.0. The summed E-state index contributed by atoms with van der Waals surface area (Å²) in [5.41, 5.74) is 2.62. The molecule has 0 radical (unpaired) electrons. The molecule has 0 saturated carbocycles. The van der Waals surface area contributed by atoms with Gasteiger partial charge in [0.2, 0.25) is 0 Å². The molecular weight excluding hydrogens is 336 g/mol. The van der Waals surface area contributed by atoms with Crippen molar-refractivity contribution in [2.75, 3.05) is 18.4 Å². The first-order valence-electron chi connectivity index (χ1n) is 8.45. The summed E-state index contributed by atoms with van der Waals surface area (Å²) in [4.78, 5) is 26.7. The first kappa shape index (κ1) is 17.5. The monoisotopic (exact) mass is 356 g/mol. The van der Waals surface area contributed by atoms with E-state index in [1.54, 1.807) is 29.2 Å². The molecule has 25 heavy (non-hydrogen) atoms. The highest BCUT2D eigenvalue weighted by Crippen LogP contribution is 2.23.